The molecule has 1 spiro atoms. The van der Waals surface area contributed by atoms with Crippen molar-refractivity contribution >= 4 is 11.3 Å². The predicted molar refractivity (Wildman–Crippen MR) is 72.6 cm³/mol. The van der Waals surface area contributed by atoms with Crippen LogP contribution in [-0.2, 0) is 16.0 Å². The SMILES string of the molecule is N#CC1(NCc2cccs2)CCC2(CC1)OCCO2. The summed E-state index contributed by atoms with van der Waals surface area (Å²) < 4.78 is 11.4. The molecule has 1 saturated carbocycles. The molecule has 5 heteroatoms. The van der Waals surface area contributed by atoms with E-state index in [9.17, 15) is 5.26 Å². The van der Waals surface area contributed by atoms with Crippen molar-refractivity contribution < 1.29 is 9.47 Å². The highest BCUT2D eigenvalue weighted by Crippen LogP contribution is 2.40. The summed E-state index contributed by atoms with van der Waals surface area (Å²) >= 11 is 1.72. The van der Waals surface area contributed by atoms with Crippen LogP contribution in [0.2, 0.25) is 0 Å². The Hall–Kier alpha value is -0.930. The summed E-state index contributed by atoms with van der Waals surface area (Å²) in [4.78, 5) is 1.27. The summed E-state index contributed by atoms with van der Waals surface area (Å²) in [6.45, 7) is 2.13. The molecule has 1 aromatic heterocycles. The second-order valence-electron chi connectivity index (χ2n) is 5.23. The molecule has 1 aliphatic carbocycles. The van der Waals surface area contributed by atoms with Gasteiger partial charge in [0, 0.05) is 24.3 Å². The second-order valence-corrected chi connectivity index (χ2v) is 6.27. The zero-order valence-corrected chi connectivity index (χ0v) is 11.7. The molecule has 4 nitrogen and oxygen atoms in total. The third-order valence-corrected chi connectivity index (χ3v) is 4.95. The Bertz CT molecular complexity index is 450. The molecule has 2 aliphatic rings. The number of nitriles is 1. The van der Waals surface area contributed by atoms with Gasteiger partial charge in [0.2, 0.25) is 0 Å². The molecule has 0 radical (unpaired) electrons. The first kappa shape index (κ1) is 13.1. The van der Waals surface area contributed by atoms with Crippen LogP contribution in [0.3, 0.4) is 0 Å². The molecule has 0 amide bonds. The summed E-state index contributed by atoms with van der Waals surface area (Å²) in [5.74, 6) is -0.398. The number of nitrogens with zero attached hydrogens (tertiary/aromatic N) is 1. The highest BCUT2D eigenvalue weighted by atomic mass is 32.1. The summed E-state index contributed by atoms with van der Waals surface area (Å²) in [5.41, 5.74) is -0.426. The maximum Gasteiger partial charge on any atom is 0.168 e. The average molecular weight is 278 g/mol. The largest absolute Gasteiger partial charge is 0.348 e. The monoisotopic (exact) mass is 278 g/mol. The molecule has 1 saturated heterocycles. The molecule has 2 fully saturated rings. The van der Waals surface area contributed by atoms with Gasteiger partial charge in [0.15, 0.2) is 5.79 Å². The minimum absolute atomic E-state index is 0.398. The summed E-state index contributed by atoms with van der Waals surface area (Å²) in [7, 11) is 0. The Morgan fingerprint density at radius 1 is 1.26 bits per heavy atom. The average Bonchev–Trinajstić information content (AvgIpc) is 3.11. The standard InChI is InChI=1S/C14H18N2O2S/c15-11-13(16-10-12-2-1-9-19-12)3-5-14(6-4-13)17-7-8-18-14/h1-2,9,16H,3-8,10H2. The van der Waals surface area contributed by atoms with E-state index in [0.717, 1.165) is 32.2 Å². The Kier molecular flexibility index (Phi) is 3.59. The topological polar surface area (TPSA) is 54.3 Å². The van der Waals surface area contributed by atoms with Gasteiger partial charge < -0.3 is 9.47 Å². The van der Waals surface area contributed by atoms with Crippen LogP contribution < -0.4 is 5.32 Å². The van der Waals surface area contributed by atoms with Crippen LogP contribution in [0.25, 0.3) is 0 Å². The van der Waals surface area contributed by atoms with Gasteiger partial charge >= 0.3 is 0 Å². The normalized spacial score (nSPS) is 24.4. The van der Waals surface area contributed by atoms with E-state index in [1.54, 1.807) is 11.3 Å². The van der Waals surface area contributed by atoms with E-state index in [-0.39, 0.29) is 0 Å². The van der Waals surface area contributed by atoms with Crippen molar-refractivity contribution in [2.75, 3.05) is 13.2 Å². The molecule has 0 aromatic carbocycles. The van der Waals surface area contributed by atoms with E-state index >= 15 is 0 Å². The maximum atomic E-state index is 9.51. The fraction of sp³-hybridized carbons (Fsp3) is 0.643. The molecule has 3 rings (SSSR count). The Labute approximate surface area is 117 Å². The van der Waals surface area contributed by atoms with E-state index in [2.05, 4.69) is 22.8 Å². The molecule has 102 valence electrons. The Morgan fingerprint density at radius 2 is 2.00 bits per heavy atom. The first-order valence-electron chi connectivity index (χ1n) is 6.73. The van der Waals surface area contributed by atoms with Crippen LogP contribution in [0.15, 0.2) is 17.5 Å². The van der Waals surface area contributed by atoms with E-state index in [4.69, 9.17) is 9.47 Å². The lowest BCUT2D eigenvalue weighted by molar-refractivity contribution is -0.183. The highest BCUT2D eigenvalue weighted by molar-refractivity contribution is 7.09. The quantitative estimate of drug-likeness (QED) is 0.922. The molecule has 2 heterocycles. The van der Waals surface area contributed by atoms with Gasteiger partial charge in [-0.15, -0.1) is 11.3 Å². The minimum Gasteiger partial charge on any atom is -0.348 e. The zero-order chi connectivity index (χ0) is 13.2. The maximum absolute atomic E-state index is 9.51. The molecule has 1 N–H and O–H groups in total. The van der Waals surface area contributed by atoms with Gasteiger partial charge in [-0.25, -0.2) is 0 Å². The first-order valence-corrected chi connectivity index (χ1v) is 7.61. The third kappa shape index (κ3) is 2.67. The van der Waals surface area contributed by atoms with E-state index in [1.165, 1.54) is 4.88 Å². The lowest BCUT2D eigenvalue weighted by atomic mass is 9.79. The molecule has 1 aromatic rings. The fourth-order valence-corrected chi connectivity index (χ4v) is 3.49. The van der Waals surface area contributed by atoms with Gasteiger partial charge in [0.1, 0.15) is 5.54 Å². The van der Waals surface area contributed by atoms with E-state index < -0.39 is 11.3 Å². The number of ether oxygens (including phenoxy) is 2. The lowest BCUT2D eigenvalue weighted by Gasteiger charge is -2.40. The number of hydrogen-bond donors (Lipinski definition) is 1. The van der Waals surface area contributed by atoms with Crippen LogP contribution in [0, 0.1) is 11.3 Å². The van der Waals surface area contributed by atoms with Crippen LogP contribution >= 0.6 is 11.3 Å². The molecule has 19 heavy (non-hydrogen) atoms. The minimum atomic E-state index is -0.426. The molecule has 0 bridgehead atoms. The van der Waals surface area contributed by atoms with E-state index in [1.807, 2.05) is 6.07 Å². The van der Waals surface area contributed by atoms with Crippen molar-refractivity contribution in [2.24, 2.45) is 0 Å². The van der Waals surface area contributed by atoms with Crippen molar-refractivity contribution in [1.29, 1.82) is 5.26 Å². The van der Waals surface area contributed by atoms with Gasteiger partial charge in [-0.1, -0.05) is 6.07 Å². The Morgan fingerprint density at radius 3 is 2.58 bits per heavy atom. The fourth-order valence-electron chi connectivity index (χ4n) is 2.84. The predicted octanol–water partition coefficient (Wildman–Crippen LogP) is 2.42. The van der Waals surface area contributed by atoms with E-state index in [0.29, 0.717) is 13.2 Å². The summed E-state index contributed by atoms with van der Waals surface area (Å²) in [6.07, 6.45) is 3.18. The summed E-state index contributed by atoms with van der Waals surface area (Å²) in [5, 5.41) is 15.0. The number of nitrogens with one attached hydrogen (secondary N) is 1. The first-order chi connectivity index (χ1) is 9.26. The molecular formula is C14H18N2O2S. The van der Waals surface area contributed by atoms with Gasteiger partial charge in [-0.2, -0.15) is 5.26 Å². The van der Waals surface area contributed by atoms with Gasteiger partial charge in [-0.05, 0) is 24.3 Å². The summed E-state index contributed by atoms with van der Waals surface area (Å²) in [6, 6.07) is 6.60. The number of thiophene rings is 1. The van der Waals surface area contributed by atoms with Crippen molar-refractivity contribution in [1.82, 2.24) is 5.32 Å². The molecule has 0 atom stereocenters. The van der Waals surface area contributed by atoms with Gasteiger partial charge in [0.25, 0.3) is 0 Å². The van der Waals surface area contributed by atoms with Crippen molar-refractivity contribution in [3.05, 3.63) is 22.4 Å². The molecular weight excluding hydrogens is 260 g/mol. The van der Waals surface area contributed by atoms with Crippen LogP contribution in [0.5, 0.6) is 0 Å². The second kappa shape index (κ2) is 5.22. The number of hydrogen-bond acceptors (Lipinski definition) is 5. The molecule has 1 aliphatic heterocycles. The number of rotatable bonds is 3. The van der Waals surface area contributed by atoms with Crippen molar-refractivity contribution in [2.45, 2.75) is 43.6 Å². The van der Waals surface area contributed by atoms with Gasteiger partial charge in [0.05, 0.1) is 19.3 Å². The van der Waals surface area contributed by atoms with Crippen molar-refractivity contribution in [3.8, 4) is 6.07 Å². The smallest absolute Gasteiger partial charge is 0.168 e. The van der Waals surface area contributed by atoms with Crippen LogP contribution in [0.4, 0.5) is 0 Å². The highest BCUT2D eigenvalue weighted by Gasteiger charge is 2.46. The van der Waals surface area contributed by atoms with Crippen LogP contribution in [-0.4, -0.2) is 24.5 Å². The third-order valence-electron chi connectivity index (χ3n) is 4.07. The van der Waals surface area contributed by atoms with Crippen LogP contribution in [0.1, 0.15) is 30.6 Å². The molecule has 0 unspecified atom stereocenters. The zero-order valence-electron chi connectivity index (χ0n) is 10.9. The van der Waals surface area contributed by atoms with Gasteiger partial charge in [-0.3, -0.25) is 5.32 Å². The Balaban J connectivity index is 1.60. The van der Waals surface area contributed by atoms with Crippen molar-refractivity contribution in [3.63, 3.8) is 0 Å². The lowest BCUT2D eigenvalue weighted by Crippen LogP contribution is -2.50.